The molecule has 1 N–H and O–H groups in total. The minimum absolute atomic E-state index is 0.0582. The van der Waals surface area contributed by atoms with Crippen LogP contribution in [-0.2, 0) is 14.8 Å². The van der Waals surface area contributed by atoms with E-state index in [2.05, 4.69) is 5.32 Å². The van der Waals surface area contributed by atoms with Gasteiger partial charge in [-0.25, -0.2) is 12.8 Å². The van der Waals surface area contributed by atoms with Crippen LogP contribution in [0.1, 0.15) is 25.7 Å². The van der Waals surface area contributed by atoms with Crippen LogP contribution in [0.15, 0.2) is 59.5 Å². The summed E-state index contributed by atoms with van der Waals surface area (Å²) >= 11 is 0. The van der Waals surface area contributed by atoms with Crippen molar-refractivity contribution in [2.24, 2.45) is 5.92 Å². The summed E-state index contributed by atoms with van der Waals surface area (Å²) in [6, 6.07) is 14.4. The lowest BCUT2D eigenvalue weighted by molar-refractivity contribution is -0.121. The molecule has 30 heavy (non-hydrogen) atoms. The summed E-state index contributed by atoms with van der Waals surface area (Å²) in [5.41, 5.74) is 0. The van der Waals surface area contributed by atoms with E-state index in [1.54, 1.807) is 42.5 Å². The number of hydrogen-bond donors (Lipinski definition) is 1. The lowest BCUT2D eigenvalue weighted by atomic mass is 9.98. The molecular weight excluding hydrogens is 407 g/mol. The van der Waals surface area contributed by atoms with Crippen LogP contribution in [0, 0.1) is 11.7 Å². The normalized spacial score (nSPS) is 15.6. The zero-order valence-corrected chi connectivity index (χ0v) is 17.6. The van der Waals surface area contributed by atoms with Gasteiger partial charge in [-0.3, -0.25) is 4.79 Å². The van der Waals surface area contributed by atoms with Crippen LogP contribution in [0.4, 0.5) is 4.39 Å². The first kappa shape index (κ1) is 22.2. The summed E-state index contributed by atoms with van der Waals surface area (Å²) in [7, 11) is -3.45. The minimum atomic E-state index is -3.45. The van der Waals surface area contributed by atoms with Gasteiger partial charge in [0, 0.05) is 32.1 Å². The highest BCUT2D eigenvalue weighted by Gasteiger charge is 2.29. The van der Waals surface area contributed by atoms with Gasteiger partial charge in [0.2, 0.25) is 15.9 Å². The summed E-state index contributed by atoms with van der Waals surface area (Å²) in [5.74, 6) is 0.303. The van der Waals surface area contributed by atoms with Gasteiger partial charge in [-0.2, -0.15) is 4.31 Å². The molecule has 0 aromatic heterocycles. The lowest BCUT2D eigenvalue weighted by Crippen LogP contribution is -2.41. The van der Waals surface area contributed by atoms with Crippen LogP contribution < -0.4 is 10.1 Å². The monoisotopic (exact) mass is 434 g/mol. The van der Waals surface area contributed by atoms with E-state index in [9.17, 15) is 17.6 Å². The van der Waals surface area contributed by atoms with Crippen molar-refractivity contribution in [1.82, 2.24) is 9.62 Å². The molecule has 0 atom stereocenters. The first-order valence-electron chi connectivity index (χ1n) is 10.2. The third-order valence-electron chi connectivity index (χ3n) is 5.16. The Hall–Kier alpha value is -2.45. The number of hydrogen-bond acceptors (Lipinski definition) is 4. The molecule has 1 saturated heterocycles. The number of nitrogens with zero attached hydrogens (tertiary/aromatic N) is 1. The summed E-state index contributed by atoms with van der Waals surface area (Å²) in [4.78, 5) is 12.3. The van der Waals surface area contributed by atoms with Crippen molar-refractivity contribution in [2.45, 2.75) is 30.6 Å². The zero-order chi connectivity index (χ0) is 21.4. The summed E-state index contributed by atoms with van der Waals surface area (Å²) in [6.45, 7) is 1.80. The molecule has 0 unspecified atom stereocenters. The maximum Gasteiger partial charge on any atom is 0.243 e. The molecule has 1 fully saturated rings. The van der Waals surface area contributed by atoms with Gasteiger partial charge < -0.3 is 10.1 Å². The maximum atomic E-state index is 13.1. The Morgan fingerprint density at radius 1 is 1.10 bits per heavy atom. The van der Waals surface area contributed by atoms with Crippen molar-refractivity contribution in [3.05, 3.63) is 60.4 Å². The molecule has 0 radical (unpaired) electrons. The Kier molecular flexibility index (Phi) is 7.81. The quantitative estimate of drug-likeness (QED) is 0.615. The van der Waals surface area contributed by atoms with Crippen molar-refractivity contribution in [1.29, 1.82) is 0 Å². The van der Waals surface area contributed by atoms with Crippen molar-refractivity contribution in [3.63, 3.8) is 0 Å². The molecule has 1 amide bonds. The molecule has 1 aliphatic heterocycles. The zero-order valence-electron chi connectivity index (χ0n) is 16.8. The fourth-order valence-electron chi connectivity index (χ4n) is 3.42. The van der Waals surface area contributed by atoms with Gasteiger partial charge >= 0.3 is 0 Å². The Bertz CT molecular complexity index is 929. The van der Waals surface area contributed by atoms with Gasteiger partial charge in [-0.15, -0.1) is 0 Å². The minimum Gasteiger partial charge on any atom is -0.493 e. The van der Waals surface area contributed by atoms with Crippen LogP contribution in [0.3, 0.4) is 0 Å². The second-order valence-electron chi connectivity index (χ2n) is 7.37. The fourth-order valence-corrected chi connectivity index (χ4v) is 4.91. The molecule has 0 bridgehead atoms. The van der Waals surface area contributed by atoms with E-state index in [-0.39, 0.29) is 17.6 Å². The first-order chi connectivity index (χ1) is 14.4. The van der Waals surface area contributed by atoms with Crippen LogP contribution in [0.5, 0.6) is 5.75 Å². The summed E-state index contributed by atoms with van der Waals surface area (Å²) in [5, 5.41) is 2.92. The Morgan fingerprint density at radius 3 is 2.53 bits per heavy atom. The predicted octanol–water partition coefficient (Wildman–Crippen LogP) is 3.20. The van der Waals surface area contributed by atoms with Crippen LogP contribution in [-0.4, -0.2) is 44.9 Å². The second-order valence-corrected chi connectivity index (χ2v) is 9.31. The molecule has 0 spiro atoms. The van der Waals surface area contributed by atoms with Crippen LogP contribution in [0.2, 0.25) is 0 Å². The number of piperidine rings is 1. The van der Waals surface area contributed by atoms with E-state index in [0.717, 1.165) is 12.8 Å². The average Bonchev–Trinajstić information content (AvgIpc) is 2.76. The number of nitrogens with one attached hydrogen (secondary N) is 1. The molecule has 1 aliphatic rings. The number of carbonyl (C=O) groups excluding carboxylic acids is 1. The largest absolute Gasteiger partial charge is 0.493 e. The molecule has 2 aromatic carbocycles. The van der Waals surface area contributed by atoms with Crippen molar-refractivity contribution < 1.29 is 22.3 Å². The number of rotatable bonds is 9. The van der Waals surface area contributed by atoms with Crippen LogP contribution >= 0.6 is 0 Å². The third kappa shape index (κ3) is 6.27. The molecular formula is C22H27FN2O4S. The number of sulfonamides is 1. The van der Waals surface area contributed by atoms with E-state index >= 15 is 0 Å². The number of ether oxygens (including phenoxy) is 1. The molecule has 2 aromatic rings. The summed E-state index contributed by atoms with van der Waals surface area (Å²) < 4.78 is 45.3. The SMILES string of the molecule is O=C(CCCOc1cccc(F)c1)NCC1CCN(S(=O)(=O)c2ccccc2)CC1. The standard InChI is InChI=1S/C22H27FN2O4S/c23-19-6-4-7-20(16-19)29-15-5-10-22(26)24-17-18-11-13-25(14-12-18)30(27,28)21-8-2-1-3-9-21/h1-4,6-9,16,18H,5,10-15,17H2,(H,24,26). The highest BCUT2D eigenvalue weighted by atomic mass is 32.2. The molecule has 8 heteroatoms. The lowest BCUT2D eigenvalue weighted by Gasteiger charge is -2.31. The van der Waals surface area contributed by atoms with Gasteiger partial charge in [0.05, 0.1) is 11.5 Å². The van der Waals surface area contributed by atoms with E-state index in [4.69, 9.17) is 4.74 Å². The number of halogens is 1. The highest BCUT2D eigenvalue weighted by Crippen LogP contribution is 2.23. The van der Waals surface area contributed by atoms with Gasteiger partial charge in [0.15, 0.2) is 0 Å². The van der Waals surface area contributed by atoms with E-state index in [1.165, 1.54) is 16.4 Å². The number of benzene rings is 2. The van der Waals surface area contributed by atoms with Gasteiger partial charge in [0.25, 0.3) is 0 Å². The molecule has 0 aliphatic carbocycles. The topological polar surface area (TPSA) is 75.7 Å². The van der Waals surface area contributed by atoms with E-state index in [0.29, 0.717) is 49.7 Å². The van der Waals surface area contributed by atoms with Crippen molar-refractivity contribution in [2.75, 3.05) is 26.2 Å². The smallest absolute Gasteiger partial charge is 0.243 e. The predicted molar refractivity (Wildman–Crippen MR) is 112 cm³/mol. The van der Waals surface area contributed by atoms with Crippen molar-refractivity contribution >= 4 is 15.9 Å². The van der Waals surface area contributed by atoms with Crippen molar-refractivity contribution in [3.8, 4) is 5.75 Å². The van der Waals surface area contributed by atoms with Gasteiger partial charge in [0.1, 0.15) is 11.6 Å². The third-order valence-corrected chi connectivity index (χ3v) is 7.07. The van der Waals surface area contributed by atoms with E-state index < -0.39 is 10.0 Å². The fraction of sp³-hybridized carbons (Fsp3) is 0.409. The second kappa shape index (κ2) is 10.5. The molecule has 6 nitrogen and oxygen atoms in total. The molecule has 162 valence electrons. The molecule has 3 rings (SSSR count). The first-order valence-corrected chi connectivity index (χ1v) is 11.6. The molecule has 1 heterocycles. The Balaban J connectivity index is 1.33. The van der Waals surface area contributed by atoms with E-state index in [1.807, 2.05) is 0 Å². The summed E-state index contributed by atoms with van der Waals surface area (Å²) in [6.07, 6.45) is 2.30. The highest BCUT2D eigenvalue weighted by molar-refractivity contribution is 7.89. The molecule has 0 saturated carbocycles. The van der Waals surface area contributed by atoms with Crippen LogP contribution in [0.25, 0.3) is 0 Å². The average molecular weight is 435 g/mol. The number of amides is 1. The maximum absolute atomic E-state index is 13.1. The van der Waals surface area contributed by atoms with Gasteiger partial charge in [-0.05, 0) is 49.4 Å². The van der Waals surface area contributed by atoms with Gasteiger partial charge in [-0.1, -0.05) is 24.3 Å². The Morgan fingerprint density at radius 2 is 1.83 bits per heavy atom. The number of carbonyl (C=O) groups is 1. The Labute approximate surface area is 177 Å².